The molecular weight excluding hydrogens is 400 g/mol. The van der Waals surface area contributed by atoms with Gasteiger partial charge in [0.05, 0.1) is 31.3 Å². The average molecular weight is 439 g/mol. The molecule has 2 amide bonds. The molecule has 0 aromatic carbocycles. The third kappa shape index (κ3) is 10.6. The Morgan fingerprint density at radius 2 is 1.84 bits per heavy atom. The van der Waals surface area contributed by atoms with Crippen LogP contribution in [0.3, 0.4) is 0 Å². The summed E-state index contributed by atoms with van der Waals surface area (Å²) in [5, 5.41) is 28.3. The molecule has 176 valence electrons. The molecule has 1 aromatic rings. The molecule has 0 bridgehead atoms. The van der Waals surface area contributed by atoms with Gasteiger partial charge in [0.25, 0.3) is 0 Å². The summed E-state index contributed by atoms with van der Waals surface area (Å²) < 4.78 is 5.20. The van der Waals surface area contributed by atoms with E-state index in [2.05, 4.69) is 20.9 Å². The highest BCUT2D eigenvalue weighted by atomic mass is 16.5. The summed E-state index contributed by atoms with van der Waals surface area (Å²) in [6, 6.07) is 3.79. The summed E-state index contributed by atoms with van der Waals surface area (Å²) in [5.41, 5.74) is 0.816. The second kappa shape index (κ2) is 14.0. The molecule has 0 radical (unpaired) electrons. The van der Waals surface area contributed by atoms with E-state index in [0.29, 0.717) is 18.8 Å². The highest BCUT2D eigenvalue weighted by molar-refractivity contribution is 5.81. The summed E-state index contributed by atoms with van der Waals surface area (Å²) in [6.45, 7) is 9.33. The molecule has 4 unspecified atom stereocenters. The van der Waals surface area contributed by atoms with Gasteiger partial charge in [-0.15, -0.1) is 0 Å². The van der Waals surface area contributed by atoms with Crippen molar-refractivity contribution in [1.82, 2.24) is 20.9 Å². The summed E-state index contributed by atoms with van der Waals surface area (Å²) in [6.07, 6.45) is 1.00. The quantitative estimate of drug-likeness (QED) is 0.292. The van der Waals surface area contributed by atoms with Crippen LogP contribution in [0.4, 0.5) is 4.79 Å². The zero-order valence-electron chi connectivity index (χ0n) is 19.2. The van der Waals surface area contributed by atoms with E-state index >= 15 is 0 Å². The van der Waals surface area contributed by atoms with Crippen LogP contribution in [0.1, 0.15) is 46.7 Å². The van der Waals surface area contributed by atoms with Crippen molar-refractivity contribution in [3.05, 3.63) is 30.1 Å². The number of hydrogen-bond acceptors (Lipinski definition) is 7. The zero-order chi connectivity index (χ0) is 23.4. The molecule has 0 aliphatic rings. The Bertz CT molecular complexity index is 657. The van der Waals surface area contributed by atoms with Crippen LogP contribution in [-0.4, -0.2) is 64.8 Å². The molecule has 0 saturated heterocycles. The molecule has 0 aliphatic carbocycles. The average Bonchev–Trinajstić information content (AvgIpc) is 2.71. The fourth-order valence-electron chi connectivity index (χ4n) is 3.09. The van der Waals surface area contributed by atoms with Crippen LogP contribution in [0.15, 0.2) is 24.4 Å². The van der Waals surface area contributed by atoms with Crippen molar-refractivity contribution in [1.29, 1.82) is 0 Å². The van der Waals surface area contributed by atoms with E-state index < -0.39 is 24.4 Å². The number of pyridine rings is 1. The van der Waals surface area contributed by atoms with Gasteiger partial charge in [-0.3, -0.25) is 15.1 Å². The fourth-order valence-corrected chi connectivity index (χ4v) is 3.09. The number of aromatic nitrogens is 1. The van der Waals surface area contributed by atoms with Crippen molar-refractivity contribution in [2.45, 2.75) is 71.8 Å². The van der Waals surface area contributed by atoms with Crippen LogP contribution < -0.4 is 16.0 Å². The number of aliphatic hydroxyl groups excluding tert-OH is 2. The number of rotatable bonds is 13. The number of carbonyl (C=O) groups is 2. The molecule has 0 spiro atoms. The molecule has 0 fully saturated rings. The summed E-state index contributed by atoms with van der Waals surface area (Å²) in [5.74, 6) is -0.129. The molecule has 0 saturated carbocycles. The summed E-state index contributed by atoms with van der Waals surface area (Å²) in [4.78, 5) is 28.7. The number of hydrogen-bond donors (Lipinski definition) is 5. The Morgan fingerprint density at radius 1 is 1.13 bits per heavy atom. The lowest BCUT2D eigenvalue weighted by atomic mass is 10.0. The van der Waals surface area contributed by atoms with Gasteiger partial charge in [0, 0.05) is 18.3 Å². The lowest BCUT2D eigenvalue weighted by molar-refractivity contribution is -0.125. The van der Waals surface area contributed by atoms with Gasteiger partial charge in [-0.2, -0.15) is 0 Å². The SMILES string of the molecule is CC(C)CC(CO)NC(=O)C(C)NC(O)C(NC(=O)OCCc1ccccn1)C(C)C. The number of ether oxygens (including phenoxy) is 1. The number of aliphatic hydroxyl groups is 2. The predicted octanol–water partition coefficient (Wildman–Crippen LogP) is 1.19. The molecule has 4 atom stereocenters. The maximum absolute atomic E-state index is 12.4. The minimum atomic E-state index is -1.17. The first-order chi connectivity index (χ1) is 14.6. The van der Waals surface area contributed by atoms with Gasteiger partial charge in [-0.25, -0.2) is 4.79 Å². The van der Waals surface area contributed by atoms with Crippen molar-refractivity contribution in [2.24, 2.45) is 11.8 Å². The largest absolute Gasteiger partial charge is 0.449 e. The fraction of sp³-hybridized carbons (Fsp3) is 0.682. The molecule has 1 heterocycles. The van der Waals surface area contributed by atoms with Crippen LogP contribution in [0.5, 0.6) is 0 Å². The predicted molar refractivity (Wildman–Crippen MR) is 118 cm³/mol. The number of amides is 2. The topological polar surface area (TPSA) is 133 Å². The number of carbonyl (C=O) groups excluding carboxylic acids is 2. The highest BCUT2D eigenvalue weighted by Gasteiger charge is 2.28. The van der Waals surface area contributed by atoms with Crippen LogP contribution in [0.2, 0.25) is 0 Å². The monoisotopic (exact) mass is 438 g/mol. The van der Waals surface area contributed by atoms with E-state index in [0.717, 1.165) is 5.69 Å². The number of alkyl carbamates (subject to hydrolysis) is 1. The van der Waals surface area contributed by atoms with E-state index in [1.54, 1.807) is 13.1 Å². The molecule has 9 heteroatoms. The Kier molecular flexibility index (Phi) is 12.1. The Balaban J connectivity index is 2.52. The minimum Gasteiger partial charge on any atom is -0.449 e. The second-order valence-electron chi connectivity index (χ2n) is 8.47. The van der Waals surface area contributed by atoms with Gasteiger partial charge >= 0.3 is 6.09 Å². The maximum atomic E-state index is 12.4. The number of nitrogens with zero attached hydrogens (tertiary/aromatic N) is 1. The first-order valence-corrected chi connectivity index (χ1v) is 10.8. The van der Waals surface area contributed by atoms with Crippen molar-refractivity contribution in [3.63, 3.8) is 0 Å². The lowest BCUT2D eigenvalue weighted by Gasteiger charge is -2.30. The molecule has 1 rings (SSSR count). The van der Waals surface area contributed by atoms with Gasteiger partial charge < -0.3 is 25.6 Å². The Hall–Kier alpha value is -2.23. The van der Waals surface area contributed by atoms with Crippen molar-refractivity contribution < 1.29 is 24.5 Å². The molecular formula is C22H38N4O5. The van der Waals surface area contributed by atoms with Crippen LogP contribution >= 0.6 is 0 Å². The summed E-state index contributed by atoms with van der Waals surface area (Å²) in [7, 11) is 0. The van der Waals surface area contributed by atoms with Crippen LogP contribution in [0.25, 0.3) is 0 Å². The van der Waals surface area contributed by atoms with E-state index in [-0.39, 0.29) is 31.1 Å². The van der Waals surface area contributed by atoms with E-state index in [9.17, 15) is 19.8 Å². The van der Waals surface area contributed by atoms with Crippen LogP contribution in [-0.2, 0) is 16.0 Å². The van der Waals surface area contributed by atoms with E-state index in [1.807, 2.05) is 45.9 Å². The Morgan fingerprint density at radius 3 is 2.39 bits per heavy atom. The van der Waals surface area contributed by atoms with Crippen molar-refractivity contribution in [2.75, 3.05) is 13.2 Å². The maximum Gasteiger partial charge on any atom is 0.407 e. The standard InChI is InChI=1S/C22H38N4O5/c1-14(2)12-18(13-27)25-20(28)16(5)24-21(29)19(15(3)4)26-22(30)31-11-9-17-8-6-7-10-23-17/h6-8,10,14-16,18-19,21,24,27,29H,9,11-13H2,1-5H3,(H,25,28)(H,26,30). The molecule has 5 N–H and O–H groups in total. The van der Waals surface area contributed by atoms with Gasteiger partial charge in [0.1, 0.15) is 6.23 Å². The molecule has 1 aromatic heterocycles. The molecule has 31 heavy (non-hydrogen) atoms. The van der Waals surface area contributed by atoms with Crippen molar-refractivity contribution >= 4 is 12.0 Å². The van der Waals surface area contributed by atoms with Gasteiger partial charge in [-0.05, 0) is 37.3 Å². The first kappa shape index (κ1) is 26.8. The second-order valence-corrected chi connectivity index (χ2v) is 8.47. The third-order valence-corrected chi connectivity index (χ3v) is 4.80. The van der Waals surface area contributed by atoms with Gasteiger partial charge in [0.2, 0.25) is 5.91 Å². The lowest BCUT2D eigenvalue weighted by Crippen LogP contribution is -2.58. The highest BCUT2D eigenvalue weighted by Crippen LogP contribution is 2.08. The third-order valence-electron chi connectivity index (χ3n) is 4.80. The van der Waals surface area contributed by atoms with Crippen LogP contribution in [0, 0.1) is 11.8 Å². The summed E-state index contributed by atoms with van der Waals surface area (Å²) >= 11 is 0. The van der Waals surface area contributed by atoms with Gasteiger partial charge in [0.15, 0.2) is 0 Å². The number of nitrogens with one attached hydrogen (secondary N) is 3. The van der Waals surface area contributed by atoms with E-state index in [4.69, 9.17) is 4.74 Å². The normalized spacial score (nSPS) is 15.3. The molecule has 9 nitrogen and oxygen atoms in total. The van der Waals surface area contributed by atoms with E-state index in [1.165, 1.54) is 0 Å². The smallest absolute Gasteiger partial charge is 0.407 e. The Labute approximate surface area is 185 Å². The first-order valence-electron chi connectivity index (χ1n) is 10.8. The van der Waals surface area contributed by atoms with Gasteiger partial charge in [-0.1, -0.05) is 33.8 Å². The van der Waals surface area contributed by atoms with Crippen molar-refractivity contribution in [3.8, 4) is 0 Å². The minimum absolute atomic E-state index is 0.118. The zero-order valence-corrected chi connectivity index (χ0v) is 19.2. The molecule has 0 aliphatic heterocycles.